The number of carbonyl (C=O) groups is 2. The molecule has 8 nitrogen and oxygen atoms in total. The molecule has 1 saturated heterocycles. The smallest absolute Gasteiger partial charge is 0.411 e. The third-order valence-electron chi connectivity index (χ3n) is 7.13. The summed E-state index contributed by atoms with van der Waals surface area (Å²) in [6, 6.07) is 28.0. The molecule has 2 atom stereocenters. The molecule has 0 spiro atoms. The van der Waals surface area contributed by atoms with Crippen molar-refractivity contribution < 1.29 is 33.6 Å². The summed E-state index contributed by atoms with van der Waals surface area (Å²) >= 11 is 0. The summed E-state index contributed by atoms with van der Waals surface area (Å²) in [7, 11) is 3.15. The minimum atomic E-state index is -0.945. The first-order chi connectivity index (χ1) is 19.9. The number of nitrogens with zero attached hydrogens (tertiary/aromatic N) is 1. The molecule has 1 fully saturated rings. The maximum Gasteiger partial charge on any atom is 0.411 e. The summed E-state index contributed by atoms with van der Waals surface area (Å²) in [4.78, 5) is 26.1. The van der Waals surface area contributed by atoms with Gasteiger partial charge in [0.2, 0.25) is 0 Å². The van der Waals surface area contributed by atoms with Crippen LogP contribution in [-0.2, 0) is 22.5 Å². The van der Waals surface area contributed by atoms with Crippen LogP contribution in [0.15, 0.2) is 91.0 Å². The van der Waals surface area contributed by atoms with Gasteiger partial charge in [-0.1, -0.05) is 54.6 Å². The van der Waals surface area contributed by atoms with Crippen LogP contribution in [0.1, 0.15) is 29.7 Å². The Kier molecular flexibility index (Phi) is 8.10. The number of amides is 1. The lowest BCUT2D eigenvalue weighted by atomic mass is 10.0. The zero-order valence-electron chi connectivity index (χ0n) is 23.1. The van der Waals surface area contributed by atoms with Crippen molar-refractivity contribution in [3.05, 3.63) is 108 Å². The third kappa shape index (κ3) is 6.11. The van der Waals surface area contributed by atoms with Crippen molar-refractivity contribution in [3.8, 4) is 34.1 Å². The molecule has 210 valence electrons. The summed E-state index contributed by atoms with van der Waals surface area (Å²) in [6.45, 7) is 2.20. The zero-order valence-corrected chi connectivity index (χ0v) is 23.1. The predicted molar refractivity (Wildman–Crippen MR) is 154 cm³/mol. The summed E-state index contributed by atoms with van der Waals surface area (Å²) in [5.74, 6) is 1.12. The van der Waals surface area contributed by atoms with Gasteiger partial charge in [-0.2, -0.15) is 0 Å². The van der Waals surface area contributed by atoms with E-state index in [1.54, 1.807) is 30.2 Å². The van der Waals surface area contributed by atoms with Crippen LogP contribution >= 0.6 is 0 Å². The lowest BCUT2D eigenvalue weighted by Gasteiger charge is -2.23. The van der Waals surface area contributed by atoms with E-state index in [0.717, 1.165) is 28.0 Å². The van der Waals surface area contributed by atoms with Crippen molar-refractivity contribution in [3.63, 3.8) is 0 Å². The number of rotatable bonds is 10. The molecule has 41 heavy (non-hydrogen) atoms. The second kappa shape index (κ2) is 12.0. The average molecular weight is 554 g/mol. The van der Waals surface area contributed by atoms with Crippen LogP contribution < -0.4 is 14.2 Å². The normalized spacial score (nSPS) is 16.3. The van der Waals surface area contributed by atoms with Crippen molar-refractivity contribution in [2.24, 2.45) is 0 Å². The SMILES string of the molecule is COc1cccc(-c2ccc(Oc3cc(CC(=O)O)ccc3OC)c(CN3C(=O)O[C@H](c4ccccc4)[C@@H]3C)c2)c1. The molecule has 5 rings (SSSR count). The second-order valence-corrected chi connectivity index (χ2v) is 9.80. The highest BCUT2D eigenvalue weighted by Gasteiger charge is 2.40. The molecule has 0 radical (unpaired) electrons. The van der Waals surface area contributed by atoms with E-state index < -0.39 is 18.2 Å². The summed E-state index contributed by atoms with van der Waals surface area (Å²) in [6.07, 6.45) is -0.965. The summed E-state index contributed by atoms with van der Waals surface area (Å²) in [5, 5.41) is 9.28. The van der Waals surface area contributed by atoms with Gasteiger partial charge in [0.05, 0.1) is 33.2 Å². The lowest BCUT2D eigenvalue weighted by Crippen LogP contribution is -2.31. The quantitative estimate of drug-likeness (QED) is 0.229. The Balaban J connectivity index is 1.53. The van der Waals surface area contributed by atoms with E-state index in [1.807, 2.05) is 79.7 Å². The molecule has 1 aliphatic rings. The molecule has 0 unspecified atom stereocenters. The minimum Gasteiger partial charge on any atom is -0.497 e. The Labute approximate surface area is 238 Å². The standard InChI is InChI=1S/C33H31NO7/c1-21-32(23-8-5-4-6-9-23)41-33(37)34(21)20-26-18-25(24-10-7-11-27(19-24)38-2)13-15-28(26)40-30-16-22(17-31(35)36)12-14-29(30)39-3/h4-16,18-19,21,32H,17,20H2,1-3H3,(H,35,36)/t21-,32-/m0/s1. The van der Waals surface area contributed by atoms with E-state index in [4.69, 9.17) is 18.9 Å². The summed E-state index contributed by atoms with van der Waals surface area (Å²) < 4.78 is 23.1. The Morgan fingerprint density at radius 1 is 0.854 bits per heavy atom. The fourth-order valence-electron chi connectivity index (χ4n) is 4.97. The highest BCUT2D eigenvalue weighted by molar-refractivity contribution is 5.73. The van der Waals surface area contributed by atoms with Gasteiger partial charge < -0.3 is 24.1 Å². The van der Waals surface area contributed by atoms with Crippen LogP contribution in [0.2, 0.25) is 0 Å². The fourth-order valence-corrected chi connectivity index (χ4v) is 4.97. The molecule has 0 bridgehead atoms. The maximum atomic E-state index is 13.1. The third-order valence-corrected chi connectivity index (χ3v) is 7.13. The number of carboxylic acids is 1. The van der Waals surface area contributed by atoms with Gasteiger partial charge in [-0.3, -0.25) is 9.69 Å². The van der Waals surface area contributed by atoms with Gasteiger partial charge in [-0.05, 0) is 65.6 Å². The van der Waals surface area contributed by atoms with Crippen LogP contribution in [0.25, 0.3) is 11.1 Å². The number of carbonyl (C=O) groups excluding carboxylic acids is 1. The monoisotopic (exact) mass is 553 g/mol. The number of carboxylic acid groups (broad SMARTS) is 1. The van der Waals surface area contributed by atoms with E-state index >= 15 is 0 Å². The molecule has 8 heteroatoms. The molecule has 4 aromatic rings. The first-order valence-corrected chi connectivity index (χ1v) is 13.2. The highest BCUT2D eigenvalue weighted by Crippen LogP contribution is 2.39. The fraction of sp³-hybridized carbons (Fsp3) is 0.212. The van der Waals surface area contributed by atoms with E-state index in [0.29, 0.717) is 22.8 Å². The van der Waals surface area contributed by atoms with Gasteiger partial charge in [0.25, 0.3) is 0 Å². The lowest BCUT2D eigenvalue weighted by molar-refractivity contribution is -0.136. The van der Waals surface area contributed by atoms with Crippen molar-refractivity contribution >= 4 is 12.1 Å². The Hall–Kier alpha value is -4.98. The van der Waals surface area contributed by atoms with Crippen LogP contribution in [0.5, 0.6) is 23.0 Å². The first-order valence-electron chi connectivity index (χ1n) is 13.2. The number of hydrogen-bond donors (Lipinski definition) is 1. The topological polar surface area (TPSA) is 94.5 Å². The van der Waals surface area contributed by atoms with E-state index in [1.165, 1.54) is 7.11 Å². The van der Waals surface area contributed by atoms with Gasteiger partial charge in [-0.25, -0.2) is 4.79 Å². The molecule has 4 aromatic carbocycles. The number of ether oxygens (including phenoxy) is 4. The number of aliphatic carboxylic acids is 1. The van der Waals surface area contributed by atoms with Crippen LogP contribution in [0, 0.1) is 0 Å². The molecule has 1 heterocycles. The second-order valence-electron chi connectivity index (χ2n) is 9.80. The van der Waals surface area contributed by atoms with Crippen LogP contribution in [0.3, 0.4) is 0 Å². The molecule has 1 N–H and O–H groups in total. The van der Waals surface area contributed by atoms with Crippen molar-refractivity contribution in [1.82, 2.24) is 4.90 Å². The molecular weight excluding hydrogens is 522 g/mol. The molecule has 0 aromatic heterocycles. The first kappa shape index (κ1) is 27.6. The van der Waals surface area contributed by atoms with Gasteiger partial charge in [0.15, 0.2) is 11.5 Å². The summed E-state index contributed by atoms with van der Waals surface area (Å²) in [5.41, 5.74) is 4.10. The molecule has 0 saturated carbocycles. The number of methoxy groups -OCH3 is 2. The van der Waals surface area contributed by atoms with Crippen molar-refractivity contribution in [2.45, 2.75) is 32.0 Å². The van der Waals surface area contributed by atoms with Gasteiger partial charge in [0.1, 0.15) is 17.6 Å². The van der Waals surface area contributed by atoms with E-state index in [2.05, 4.69) is 0 Å². The number of cyclic esters (lactones) is 1. The van der Waals surface area contributed by atoms with Gasteiger partial charge in [-0.15, -0.1) is 0 Å². The molecule has 0 aliphatic carbocycles. The number of benzene rings is 4. The highest BCUT2D eigenvalue weighted by atomic mass is 16.6. The van der Waals surface area contributed by atoms with Crippen molar-refractivity contribution in [2.75, 3.05) is 14.2 Å². The van der Waals surface area contributed by atoms with Crippen molar-refractivity contribution in [1.29, 1.82) is 0 Å². The Morgan fingerprint density at radius 3 is 2.34 bits per heavy atom. The molecular formula is C33H31NO7. The maximum absolute atomic E-state index is 13.1. The largest absolute Gasteiger partial charge is 0.497 e. The average Bonchev–Trinajstić information content (AvgIpc) is 3.26. The van der Waals surface area contributed by atoms with Crippen LogP contribution in [0.4, 0.5) is 4.79 Å². The zero-order chi connectivity index (χ0) is 28.9. The molecule has 1 amide bonds. The minimum absolute atomic E-state index is 0.153. The Bertz CT molecular complexity index is 1550. The van der Waals surface area contributed by atoms with E-state index in [9.17, 15) is 14.7 Å². The van der Waals surface area contributed by atoms with Crippen LogP contribution in [-0.4, -0.2) is 42.3 Å². The van der Waals surface area contributed by atoms with Gasteiger partial charge in [0, 0.05) is 5.56 Å². The molecule has 1 aliphatic heterocycles. The van der Waals surface area contributed by atoms with E-state index in [-0.39, 0.29) is 19.0 Å². The predicted octanol–water partition coefficient (Wildman–Crippen LogP) is 6.87. The van der Waals surface area contributed by atoms with Gasteiger partial charge >= 0.3 is 12.1 Å². The number of hydrogen-bond acceptors (Lipinski definition) is 6. The Morgan fingerprint density at radius 2 is 1.61 bits per heavy atom.